The quantitative estimate of drug-likeness (QED) is 0.543. The van der Waals surface area contributed by atoms with E-state index in [1.54, 1.807) is 0 Å². The van der Waals surface area contributed by atoms with Crippen molar-refractivity contribution in [3.8, 4) is 0 Å². The predicted molar refractivity (Wildman–Crippen MR) is 142 cm³/mol. The zero-order valence-corrected chi connectivity index (χ0v) is 21.0. The molecule has 3 heteroatoms. The summed E-state index contributed by atoms with van der Waals surface area (Å²) in [6.45, 7) is 4.43. The molecule has 34 heavy (non-hydrogen) atoms. The topological polar surface area (TPSA) is 69.1 Å². The van der Waals surface area contributed by atoms with Crippen molar-refractivity contribution in [3.05, 3.63) is 77.4 Å². The van der Waals surface area contributed by atoms with Gasteiger partial charge in [0, 0.05) is 11.5 Å². The summed E-state index contributed by atoms with van der Waals surface area (Å²) in [5.74, 6) is 0.753. The number of hydrogen-bond donors (Lipinski definition) is 2. The second-order valence-electron chi connectivity index (χ2n) is 11.4. The third-order valence-corrected chi connectivity index (χ3v) is 8.56. The first-order valence-corrected chi connectivity index (χ1v) is 13.2. The van der Waals surface area contributed by atoms with Gasteiger partial charge in [-0.2, -0.15) is 0 Å². The molecule has 3 aliphatic carbocycles. The summed E-state index contributed by atoms with van der Waals surface area (Å²) >= 11 is 0. The number of allylic oxidation sites excluding steroid dienone is 1. The number of benzene rings is 2. The molecule has 0 saturated heterocycles. The highest BCUT2D eigenvalue weighted by atomic mass is 16.1. The third-order valence-electron chi connectivity index (χ3n) is 8.56. The smallest absolute Gasteiger partial charge is 0.223 e. The van der Waals surface area contributed by atoms with E-state index >= 15 is 0 Å². The van der Waals surface area contributed by atoms with E-state index in [0.717, 1.165) is 25.7 Å². The number of primary amides is 1. The molecular weight excluding hydrogens is 416 g/mol. The first kappa shape index (κ1) is 24.7. The molecule has 2 aromatic carbocycles. The summed E-state index contributed by atoms with van der Waals surface area (Å²) in [7, 11) is 0. The van der Waals surface area contributed by atoms with Crippen LogP contribution < -0.4 is 11.5 Å². The summed E-state index contributed by atoms with van der Waals surface area (Å²) < 4.78 is 0. The van der Waals surface area contributed by atoms with Gasteiger partial charge in [-0.05, 0) is 66.9 Å². The summed E-state index contributed by atoms with van der Waals surface area (Å²) in [4.78, 5) is 12.4. The maximum Gasteiger partial charge on any atom is 0.223 e. The normalized spacial score (nSPS) is 32.5. The van der Waals surface area contributed by atoms with Crippen LogP contribution in [0.25, 0.3) is 6.08 Å². The molecule has 0 radical (unpaired) electrons. The zero-order chi connectivity index (χ0) is 24.2. The second-order valence-corrected chi connectivity index (χ2v) is 11.4. The van der Waals surface area contributed by atoms with Crippen molar-refractivity contribution in [3.63, 3.8) is 0 Å². The van der Waals surface area contributed by atoms with Crippen molar-refractivity contribution in [2.75, 3.05) is 0 Å². The van der Waals surface area contributed by atoms with Crippen LogP contribution in [0.2, 0.25) is 0 Å². The molecule has 4 atom stereocenters. The Balaban J connectivity index is 0.000000336. The minimum atomic E-state index is -0.450. The third kappa shape index (κ3) is 5.46. The Morgan fingerprint density at radius 2 is 1.53 bits per heavy atom. The number of carbonyl (C=O) groups is 1. The zero-order valence-electron chi connectivity index (χ0n) is 21.0. The van der Waals surface area contributed by atoms with Gasteiger partial charge < -0.3 is 11.5 Å². The van der Waals surface area contributed by atoms with Crippen LogP contribution in [0, 0.1) is 17.3 Å². The minimum Gasteiger partial charge on any atom is -0.369 e. The number of rotatable bonds is 3. The lowest BCUT2D eigenvalue weighted by Gasteiger charge is -2.55. The van der Waals surface area contributed by atoms with Gasteiger partial charge in [-0.25, -0.2) is 0 Å². The summed E-state index contributed by atoms with van der Waals surface area (Å²) in [6, 6.07) is 21.9. The van der Waals surface area contributed by atoms with E-state index in [2.05, 4.69) is 80.6 Å². The summed E-state index contributed by atoms with van der Waals surface area (Å²) in [5.41, 5.74) is 15.2. The number of carbonyl (C=O) groups excluding carboxylic acids is 1. The average molecular weight is 459 g/mol. The molecule has 3 nitrogen and oxygen atoms in total. The van der Waals surface area contributed by atoms with Gasteiger partial charge >= 0.3 is 0 Å². The molecule has 3 saturated carbocycles. The van der Waals surface area contributed by atoms with Crippen LogP contribution in [0.4, 0.5) is 0 Å². The molecule has 3 aliphatic rings. The maximum atomic E-state index is 12.4. The molecule has 4 N–H and O–H groups in total. The predicted octanol–water partition coefficient (Wildman–Crippen LogP) is 6.62. The molecule has 182 valence electrons. The van der Waals surface area contributed by atoms with Crippen molar-refractivity contribution in [1.29, 1.82) is 0 Å². The van der Waals surface area contributed by atoms with E-state index in [9.17, 15) is 4.79 Å². The molecular formula is C31H42N2O. The standard InChI is InChI=1S/C25H29NO.C6H13N/c1-18-14-25(21-11-7-4-8-12-21)16-20(15-24(2,17-25)23(26)27)22(18)13-19-9-5-3-6-10-19;7-6-4-2-1-3-5-6/h3-13,18,20H,14-17H2,1-2H3,(H2,26,27);6H,1-5,7H2/b22-13+;. The molecule has 0 spiro atoms. The molecule has 4 unspecified atom stereocenters. The van der Waals surface area contributed by atoms with Gasteiger partial charge in [0.25, 0.3) is 0 Å². The van der Waals surface area contributed by atoms with Crippen molar-refractivity contribution in [2.45, 2.75) is 83.1 Å². The first-order chi connectivity index (χ1) is 16.3. The van der Waals surface area contributed by atoms with Gasteiger partial charge in [-0.3, -0.25) is 4.79 Å². The molecule has 1 amide bonds. The molecule has 3 fully saturated rings. The molecule has 0 heterocycles. The van der Waals surface area contributed by atoms with Gasteiger partial charge in [0.05, 0.1) is 0 Å². The van der Waals surface area contributed by atoms with E-state index in [1.165, 1.54) is 48.8 Å². The minimum absolute atomic E-state index is 0.0431. The first-order valence-electron chi connectivity index (χ1n) is 13.2. The van der Waals surface area contributed by atoms with Crippen molar-refractivity contribution >= 4 is 12.0 Å². The van der Waals surface area contributed by atoms with Crippen LogP contribution in [0.15, 0.2) is 66.2 Å². The molecule has 2 aromatic rings. The lowest BCUT2D eigenvalue weighted by Crippen LogP contribution is -2.51. The Labute approximate surface area is 206 Å². The van der Waals surface area contributed by atoms with Gasteiger partial charge in [-0.15, -0.1) is 0 Å². The summed E-state index contributed by atoms with van der Waals surface area (Å²) in [5, 5.41) is 0. The van der Waals surface area contributed by atoms with Gasteiger partial charge in [0.2, 0.25) is 5.91 Å². The Hall–Kier alpha value is -2.39. The van der Waals surface area contributed by atoms with Crippen molar-refractivity contribution in [2.24, 2.45) is 28.7 Å². The second kappa shape index (κ2) is 10.5. The fourth-order valence-electron chi connectivity index (χ4n) is 6.93. The van der Waals surface area contributed by atoms with E-state index < -0.39 is 5.41 Å². The molecule has 0 aromatic heterocycles. The van der Waals surface area contributed by atoms with Crippen molar-refractivity contribution < 1.29 is 4.79 Å². The Bertz CT molecular complexity index is 975. The number of amides is 1. The maximum absolute atomic E-state index is 12.4. The van der Waals surface area contributed by atoms with E-state index in [-0.39, 0.29) is 11.3 Å². The lowest BCUT2D eigenvalue weighted by molar-refractivity contribution is -0.131. The number of hydrogen-bond acceptors (Lipinski definition) is 2. The van der Waals surface area contributed by atoms with Crippen LogP contribution in [0.3, 0.4) is 0 Å². The summed E-state index contributed by atoms with van der Waals surface area (Å²) in [6.07, 6.45) is 12.9. The van der Waals surface area contributed by atoms with E-state index in [1.807, 2.05) is 0 Å². The monoisotopic (exact) mass is 458 g/mol. The van der Waals surface area contributed by atoms with Crippen LogP contribution in [-0.4, -0.2) is 11.9 Å². The molecule has 2 bridgehead atoms. The Morgan fingerprint density at radius 3 is 2.09 bits per heavy atom. The Morgan fingerprint density at radius 1 is 0.912 bits per heavy atom. The highest BCUT2D eigenvalue weighted by molar-refractivity contribution is 5.81. The Kier molecular flexibility index (Phi) is 7.62. The number of nitrogens with two attached hydrogens (primary N) is 2. The average Bonchev–Trinajstić information content (AvgIpc) is 2.83. The van der Waals surface area contributed by atoms with Crippen LogP contribution >= 0.6 is 0 Å². The van der Waals surface area contributed by atoms with Gasteiger partial charge in [0.1, 0.15) is 0 Å². The SMILES string of the molecule is CC1CC2(c3ccccc3)CC(CC(C)(C(N)=O)C2)/C1=C/c1ccccc1.NC1CCCCC1. The highest BCUT2D eigenvalue weighted by Gasteiger charge is 2.54. The van der Waals surface area contributed by atoms with Gasteiger partial charge in [-0.1, -0.05) is 105 Å². The van der Waals surface area contributed by atoms with Gasteiger partial charge in [0.15, 0.2) is 0 Å². The largest absolute Gasteiger partial charge is 0.369 e. The molecule has 5 rings (SSSR count). The van der Waals surface area contributed by atoms with E-state index in [0.29, 0.717) is 17.9 Å². The lowest BCUT2D eigenvalue weighted by atomic mass is 9.49. The fraction of sp³-hybridized carbons (Fsp3) is 0.516. The molecule has 0 aliphatic heterocycles. The highest BCUT2D eigenvalue weighted by Crippen LogP contribution is 2.59. The van der Waals surface area contributed by atoms with Crippen LogP contribution in [0.1, 0.15) is 82.8 Å². The van der Waals surface area contributed by atoms with E-state index in [4.69, 9.17) is 11.5 Å². The fourth-order valence-corrected chi connectivity index (χ4v) is 6.93. The number of fused-ring (bicyclic) bond motifs is 2. The van der Waals surface area contributed by atoms with Crippen LogP contribution in [0.5, 0.6) is 0 Å². The van der Waals surface area contributed by atoms with Crippen molar-refractivity contribution in [1.82, 2.24) is 0 Å². The van der Waals surface area contributed by atoms with Crippen LogP contribution in [-0.2, 0) is 10.2 Å².